The van der Waals surface area contributed by atoms with E-state index in [9.17, 15) is 0 Å². The quantitative estimate of drug-likeness (QED) is 0.784. The predicted molar refractivity (Wildman–Crippen MR) is 93.0 cm³/mol. The van der Waals surface area contributed by atoms with E-state index in [1.54, 1.807) is 0 Å². The van der Waals surface area contributed by atoms with Crippen LogP contribution in [-0.4, -0.2) is 47.3 Å². The van der Waals surface area contributed by atoms with Gasteiger partial charge in [-0.15, -0.1) is 0 Å². The second-order valence-electron chi connectivity index (χ2n) is 6.05. The number of benzene rings is 2. The molecule has 124 valence electrons. The van der Waals surface area contributed by atoms with Crippen molar-refractivity contribution < 1.29 is 9.47 Å². The van der Waals surface area contributed by atoms with Crippen LogP contribution in [0, 0.1) is 0 Å². The Morgan fingerprint density at radius 2 is 1.96 bits per heavy atom. The molecule has 4 rings (SSSR count). The molecule has 1 unspecified atom stereocenters. The number of imidazole rings is 1. The lowest BCUT2D eigenvalue weighted by molar-refractivity contribution is -0.0509. The molecule has 1 aliphatic heterocycles. The number of nitrogens with zero attached hydrogens (tertiary/aromatic N) is 2. The number of fused-ring (bicyclic) bond motifs is 1. The molecule has 1 saturated heterocycles. The third-order valence-electron chi connectivity index (χ3n) is 4.21. The molecular formula is C19H21N3O2. The summed E-state index contributed by atoms with van der Waals surface area (Å²) < 4.78 is 11.6. The molecule has 1 atom stereocenters. The van der Waals surface area contributed by atoms with Crippen molar-refractivity contribution in [2.24, 2.45) is 0 Å². The number of aromatic nitrogens is 2. The predicted octanol–water partition coefficient (Wildman–Crippen LogP) is 2.84. The summed E-state index contributed by atoms with van der Waals surface area (Å²) in [7, 11) is 0. The van der Waals surface area contributed by atoms with Crippen LogP contribution in [0.15, 0.2) is 54.6 Å². The number of rotatable bonds is 5. The highest BCUT2D eigenvalue weighted by Crippen LogP contribution is 2.15. The topological polar surface area (TPSA) is 50.4 Å². The molecule has 0 saturated carbocycles. The number of hydrogen-bond acceptors (Lipinski definition) is 4. The average molecular weight is 323 g/mol. The maximum absolute atomic E-state index is 5.83. The lowest BCUT2D eigenvalue weighted by atomic mass is 10.2. The van der Waals surface area contributed by atoms with Gasteiger partial charge in [0.15, 0.2) is 0 Å². The fourth-order valence-corrected chi connectivity index (χ4v) is 3.02. The summed E-state index contributed by atoms with van der Waals surface area (Å²) >= 11 is 0. The monoisotopic (exact) mass is 323 g/mol. The number of ether oxygens (including phenoxy) is 2. The van der Waals surface area contributed by atoms with Gasteiger partial charge in [-0.3, -0.25) is 4.90 Å². The first-order valence-corrected chi connectivity index (χ1v) is 8.32. The zero-order valence-electron chi connectivity index (χ0n) is 13.5. The third-order valence-corrected chi connectivity index (χ3v) is 4.21. The summed E-state index contributed by atoms with van der Waals surface area (Å²) in [6, 6.07) is 18.0. The molecule has 2 aromatic carbocycles. The summed E-state index contributed by atoms with van der Waals surface area (Å²) in [6.07, 6.45) is 0.0864. The molecule has 5 heteroatoms. The first kappa shape index (κ1) is 15.2. The lowest BCUT2D eigenvalue weighted by Crippen LogP contribution is -2.44. The van der Waals surface area contributed by atoms with Crippen molar-refractivity contribution in [2.45, 2.75) is 12.6 Å². The van der Waals surface area contributed by atoms with Gasteiger partial charge in [-0.05, 0) is 24.3 Å². The van der Waals surface area contributed by atoms with Gasteiger partial charge < -0.3 is 14.5 Å². The van der Waals surface area contributed by atoms with E-state index >= 15 is 0 Å². The van der Waals surface area contributed by atoms with Gasteiger partial charge in [-0.25, -0.2) is 4.98 Å². The minimum Gasteiger partial charge on any atom is -0.491 e. The van der Waals surface area contributed by atoms with Crippen LogP contribution in [-0.2, 0) is 11.3 Å². The standard InChI is InChI=1S/C19H21N3O2/c1-2-6-15(7-3-1)24-14-16-12-22(10-11-23-16)13-19-20-17-8-4-5-9-18(17)21-19/h1-9,16H,10-14H2,(H,20,21). The van der Waals surface area contributed by atoms with Crippen LogP contribution in [0.25, 0.3) is 11.0 Å². The van der Waals surface area contributed by atoms with E-state index < -0.39 is 0 Å². The van der Waals surface area contributed by atoms with Gasteiger partial charge in [0, 0.05) is 13.1 Å². The molecule has 24 heavy (non-hydrogen) atoms. The van der Waals surface area contributed by atoms with Crippen molar-refractivity contribution in [3.8, 4) is 5.75 Å². The number of para-hydroxylation sites is 3. The molecular weight excluding hydrogens is 302 g/mol. The second-order valence-corrected chi connectivity index (χ2v) is 6.05. The number of H-pyrrole nitrogens is 1. The van der Waals surface area contributed by atoms with E-state index in [2.05, 4.69) is 20.9 Å². The van der Waals surface area contributed by atoms with Crippen LogP contribution in [0.2, 0.25) is 0 Å². The Hall–Kier alpha value is -2.37. The Morgan fingerprint density at radius 1 is 1.12 bits per heavy atom. The highest BCUT2D eigenvalue weighted by molar-refractivity contribution is 5.74. The molecule has 0 amide bonds. The average Bonchev–Trinajstić information content (AvgIpc) is 3.03. The minimum atomic E-state index is 0.0864. The van der Waals surface area contributed by atoms with Crippen LogP contribution < -0.4 is 4.74 Å². The van der Waals surface area contributed by atoms with Crippen LogP contribution in [0.5, 0.6) is 5.75 Å². The summed E-state index contributed by atoms with van der Waals surface area (Å²) in [5.74, 6) is 1.89. The van der Waals surface area contributed by atoms with Crippen LogP contribution >= 0.6 is 0 Å². The highest BCUT2D eigenvalue weighted by atomic mass is 16.5. The van der Waals surface area contributed by atoms with Crippen molar-refractivity contribution >= 4 is 11.0 Å². The van der Waals surface area contributed by atoms with Gasteiger partial charge in [0.05, 0.1) is 24.2 Å². The molecule has 1 fully saturated rings. The van der Waals surface area contributed by atoms with E-state index in [1.807, 2.05) is 48.5 Å². The molecule has 3 aromatic rings. The molecule has 2 heterocycles. The SMILES string of the molecule is c1ccc(OCC2CN(Cc3nc4ccccc4[nH]3)CCO2)cc1. The Kier molecular flexibility index (Phi) is 4.44. The zero-order chi connectivity index (χ0) is 16.2. The summed E-state index contributed by atoms with van der Waals surface area (Å²) in [6.45, 7) is 3.87. The van der Waals surface area contributed by atoms with Crippen LogP contribution in [0.3, 0.4) is 0 Å². The van der Waals surface area contributed by atoms with Crippen LogP contribution in [0.4, 0.5) is 0 Å². The lowest BCUT2D eigenvalue weighted by Gasteiger charge is -2.32. The fourth-order valence-electron chi connectivity index (χ4n) is 3.02. The van der Waals surface area contributed by atoms with Gasteiger partial charge in [0.1, 0.15) is 24.3 Å². The van der Waals surface area contributed by atoms with E-state index in [0.717, 1.165) is 48.8 Å². The maximum Gasteiger partial charge on any atom is 0.121 e. The molecule has 1 aromatic heterocycles. The Morgan fingerprint density at radius 3 is 2.83 bits per heavy atom. The fraction of sp³-hybridized carbons (Fsp3) is 0.316. The van der Waals surface area contributed by atoms with Gasteiger partial charge in [0.25, 0.3) is 0 Å². The smallest absolute Gasteiger partial charge is 0.121 e. The van der Waals surface area contributed by atoms with Crippen molar-refractivity contribution in [1.82, 2.24) is 14.9 Å². The van der Waals surface area contributed by atoms with Gasteiger partial charge in [-0.1, -0.05) is 30.3 Å². The summed E-state index contributed by atoms with van der Waals surface area (Å²) in [5.41, 5.74) is 2.11. The molecule has 0 aliphatic carbocycles. The van der Waals surface area contributed by atoms with Crippen molar-refractivity contribution in [3.05, 3.63) is 60.4 Å². The highest BCUT2D eigenvalue weighted by Gasteiger charge is 2.22. The molecule has 1 aliphatic rings. The van der Waals surface area contributed by atoms with Gasteiger partial charge >= 0.3 is 0 Å². The van der Waals surface area contributed by atoms with E-state index in [-0.39, 0.29) is 6.10 Å². The van der Waals surface area contributed by atoms with E-state index in [1.165, 1.54) is 0 Å². The largest absolute Gasteiger partial charge is 0.491 e. The van der Waals surface area contributed by atoms with Gasteiger partial charge in [-0.2, -0.15) is 0 Å². The zero-order valence-corrected chi connectivity index (χ0v) is 13.5. The van der Waals surface area contributed by atoms with Crippen molar-refractivity contribution in [1.29, 1.82) is 0 Å². The molecule has 0 bridgehead atoms. The third kappa shape index (κ3) is 3.58. The summed E-state index contributed by atoms with van der Waals surface area (Å²) in [4.78, 5) is 10.4. The number of aromatic amines is 1. The first-order chi connectivity index (χ1) is 11.9. The number of nitrogens with one attached hydrogen (secondary N) is 1. The Labute approximate surface area is 141 Å². The molecule has 5 nitrogen and oxygen atoms in total. The molecule has 1 N–H and O–H groups in total. The molecule has 0 spiro atoms. The van der Waals surface area contributed by atoms with Crippen molar-refractivity contribution in [2.75, 3.05) is 26.3 Å². The number of morpholine rings is 1. The maximum atomic E-state index is 5.83. The van der Waals surface area contributed by atoms with E-state index in [4.69, 9.17) is 9.47 Å². The summed E-state index contributed by atoms with van der Waals surface area (Å²) in [5, 5.41) is 0. The van der Waals surface area contributed by atoms with Gasteiger partial charge in [0.2, 0.25) is 0 Å². The first-order valence-electron chi connectivity index (χ1n) is 8.32. The van der Waals surface area contributed by atoms with E-state index in [0.29, 0.717) is 6.61 Å². The molecule has 0 radical (unpaired) electrons. The Bertz CT molecular complexity index is 754. The second kappa shape index (κ2) is 7.03. The minimum absolute atomic E-state index is 0.0864. The normalized spacial score (nSPS) is 18.8. The van der Waals surface area contributed by atoms with Crippen LogP contribution in [0.1, 0.15) is 5.82 Å². The number of hydrogen-bond donors (Lipinski definition) is 1. The van der Waals surface area contributed by atoms with Crippen molar-refractivity contribution in [3.63, 3.8) is 0 Å². The Balaban J connectivity index is 1.34.